The van der Waals surface area contributed by atoms with E-state index in [0.717, 1.165) is 32.5 Å². The van der Waals surface area contributed by atoms with E-state index >= 15 is 0 Å². The van der Waals surface area contributed by atoms with Gasteiger partial charge in [-0.05, 0) is 42.4 Å². The molecule has 7 nitrogen and oxygen atoms in total. The van der Waals surface area contributed by atoms with E-state index in [-0.39, 0.29) is 12.8 Å². The molecule has 0 aromatic carbocycles. The number of aromatic nitrogens is 2. The third-order valence-corrected chi connectivity index (χ3v) is 4.85. The van der Waals surface area contributed by atoms with Crippen LogP contribution in [0.1, 0.15) is 30.4 Å². The van der Waals surface area contributed by atoms with Crippen molar-refractivity contribution >= 4 is 23.5 Å². The van der Waals surface area contributed by atoms with Crippen LogP contribution in [0.3, 0.4) is 0 Å². The minimum atomic E-state index is -0.639. The molecule has 0 radical (unpaired) electrons. The highest BCUT2D eigenvalue weighted by molar-refractivity contribution is 6.29. The SMILES string of the molecule is O=C(Cc1ccc(Cl)nc1)OC(=O)Cc1ccc(OCCC2CCOCC2)nc1. The Morgan fingerprint density at radius 2 is 1.66 bits per heavy atom. The molecular weight excluding hydrogens is 396 g/mol. The number of halogens is 1. The Hall–Kier alpha value is -2.51. The molecule has 154 valence electrons. The van der Waals surface area contributed by atoms with Crippen molar-refractivity contribution in [2.75, 3.05) is 19.8 Å². The lowest BCUT2D eigenvalue weighted by Gasteiger charge is -2.21. The van der Waals surface area contributed by atoms with Crippen LogP contribution in [-0.4, -0.2) is 41.7 Å². The summed E-state index contributed by atoms with van der Waals surface area (Å²) in [6, 6.07) is 6.69. The number of esters is 2. The fraction of sp³-hybridized carbons (Fsp3) is 0.429. The van der Waals surface area contributed by atoms with Crippen molar-refractivity contribution in [3.63, 3.8) is 0 Å². The highest BCUT2D eigenvalue weighted by Crippen LogP contribution is 2.19. The molecular formula is C21H23ClN2O5. The standard InChI is InChI=1S/C21H23ClN2O5/c22-18-3-1-16(13-23-18)11-20(25)29-21(26)12-17-2-4-19(24-14-17)28-10-7-15-5-8-27-9-6-15/h1-4,13-15H,5-12H2. The van der Waals surface area contributed by atoms with Gasteiger partial charge in [0.15, 0.2) is 0 Å². The van der Waals surface area contributed by atoms with Crippen LogP contribution in [-0.2, 0) is 31.9 Å². The summed E-state index contributed by atoms with van der Waals surface area (Å²) in [5.74, 6) is -0.119. The molecule has 0 unspecified atom stereocenters. The summed E-state index contributed by atoms with van der Waals surface area (Å²) in [5, 5.41) is 0.335. The van der Waals surface area contributed by atoms with Crippen molar-refractivity contribution in [2.24, 2.45) is 5.92 Å². The van der Waals surface area contributed by atoms with Crippen LogP contribution in [0, 0.1) is 5.92 Å². The molecule has 0 N–H and O–H groups in total. The van der Waals surface area contributed by atoms with Crippen LogP contribution in [0.25, 0.3) is 0 Å². The van der Waals surface area contributed by atoms with Crippen molar-refractivity contribution in [1.29, 1.82) is 0 Å². The molecule has 1 aliphatic heterocycles. The largest absolute Gasteiger partial charge is 0.478 e. The van der Waals surface area contributed by atoms with Crippen molar-refractivity contribution in [1.82, 2.24) is 9.97 Å². The van der Waals surface area contributed by atoms with Crippen molar-refractivity contribution in [3.05, 3.63) is 52.9 Å². The second-order valence-electron chi connectivity index (χ2n) is 6.89. The molecule has 0 aliphatic carbocycles. The van der Waals surface area contributed by atoms with E-state index in [4.69, 9.17) is 25.8 Å². The van der Waals surface area contributed by atoms with Gasteiger partial charge in [-0.3, -0.25) is 9.59 Å². The summed E-state index contributed by atoms with van der Waals surface area (Å²) >= 11 is 5.70. The zero-order chi connectivity index (χ0) is 20.5. The number of pyridine rings is 2. The van der Waals surface area contributed by atoms with Crippen LogP contribution in [0.4, 0.5) is 0 Å². The Kier molecular flexibility index (Phi) is 7.95. The minimum Gasteiger partial charge on any atom is -0.478 e. The first-order valence-corrected chi connectivity index (χ1v) is 9.95. The van der Waals surface area contributed by atoms with Crippen molar-refractivity contribution in [3.8, 4) is 5.88 Å². The van der Waals surface area contributed by atoms with Crippen molar-refractivity contribution in [2.45, 2.75) is 32.1 Å². The van der Waals surface area contributed by atoms with Crippen LogP contribution < -0.4 is 4.74 Å². The summed E-state index contributed by atoms with van der Waals surface area (Å²) < 4.78 is 15.9. The maximum atomic E-state index is 12.0. The summed E-state index contributed by atoms with van der Waals surface area (Å²) in [7, 11) is 0. The molecule has 1 fully saturated rings. The van der Waals surface area contributed by atoms with Crippen LogP contribution in [0.5, 0.6) is 5.88 Å². The second-order valence-corrected chi connectivity index (χ2v) is 7.27. The van der Waals surface area contributed by atoms with Gasteiger partial charge in [-0.2, -0.15) is 0 Å². The van der Waals surface area contributed by atoms with E-state index < -0.39 is 11.9 Å². The van der Waals surface area contributed by atoms with Gasteiger partial charge in [0.25, 0.3) is 0 Å². The third-order valence-electron chi connectivity index (χ3n) is 4.63. The molecule has 0 atom stereocenters. The Labute approximate surface area is 174 Å². The molecule has 3 rings (SSSR count). The molecule has 1 saturated heterocycles. The number of nitrogens with zero attached hydrogens (tertiary/aromatic N) is 2. The molecule has 0 amide bonds. The van der Waals surface area contributed by atoms with Crippen LogP contribution >= 0.6 is 11.6 Å². The smallest absolute Gasteiger partial charge is 0.317 e. The van der Waals surface area contributed by atoms with Gasteiger partial charge in [0, 0.05) is 31.7 Å². The number of ether oxygens (including phenoxy) is 3. The molecule has 0 spiro atoms. The molecule has 1 aliphatic rings. The van der Waals surface area contributed by atoms with Gasteiger partial charge in [0.05, 0.1) is 19.4 Å². The zero-order valence-corrected chi connectivity index (χ0v) is 16.8. The number of rotatable bonds is 8. The fourth-order valence-electron chi connectivity index (χ4n) is 3.01. The molecule has 8 heteroatoms. The van der Waals surface area contributed by atoms with Crippen LogP contribution in [0.15, 0.2) is 36.7 Å². The lowest BCUT2D eigenvalue weighted by Crippen LogP contribution is -2.18. The monoisotopic (exact) mass is 418 g/mol. The van der Waals surface area contributed by atoms with E-state index in [1.807, 2.05) is 0 Å². The quantitative estimate of drug-likeness (QED) is 0.369. The van der Waals surface area contributed by atoms with E-state index in [1.54, 1.807) is 30.5 Å². The highest BCUT2D eigenvalue weighted by Gasteiger charge is 2.14. The van der Waals surface area contributed by atoms with Gasteiger partial charge in [-0.15, -0.1) is 0 Å². The number of hydrogen-bond acceptors (Lipinski definition) is 7. The highest BCUT2D eigenvalue weighted by atomic mass is 35.5. The van der Waals surface area contributed by atoms with E-state index in [1.165, 1.54) is 6.20 Å². The zero-order valence-electron chi connectivity index (χ0n) is 16.0. The number of hydrogen-bond donors (Lipinski definition) is 0. The fourth-order valence-corrected chi connectivity index (χ4v) is 3.12. The Bertz CT molecular complexity index is 805. The van der Waals surface area contributed by atoms with Crippen molar-refractivity contribution < 1.29 is 23.8 Å². The first-order chi connectivity index (χ1) is 14.1. The molecule has 3 heterocycles. The van der Waals surface area contributed by atoms with E-state index in [0.29, 0.717) is 34.7 Å². The van der Waals surface area contributed by atoms with E-state index in [2.05, 4.69) is 9.97 Å². The third kappa shape index (κ3) is 7.44. The van der Waals surface area contributed by atoms with Gasteiger partial charge in [-0.25, -0.2) is 9.97 Å². The molecule has 29 heavy (non-hydrogen) atoms. The lowest BCUT2D eigenvalue weighted by atomic mass is 9.97. The molecule has 2 aromatic rings. The minimum absolute atomic E-state index is 0.0417. The first-order valence-electron chi connectivity index (χ1n) is 9.58. The van der Waals surface area contributed by atoms with E-state index in [9.17, 15) is 9.59 Å². The average Bonchev–Trinajstić information content (AvgIpc) is 2.72. The van der Waals surface area contributed by atoms with Crippen LogP contribution in [0.2, 0.25) is 5.15 Å². The molecule has 0 bridgehead atoms. The van der Waals surface area contributed by atoms with Gasteiger partial charge in [0.2, 0.25) is 5.88 Å². The van der Waals surface area contributed by atoms with Gasteiger partial charge in [-0.1, -0.05) is 23.7 Å². The predicted molar refractivity (Wildman–Crippen MR) is 106 cm³/mol. The summed E-state index contributed by atoms with van der Waals surface area (Å²) in [6.45, 7) is 2.26. The maximum absolute atomic E-state index is 12.0. The predicted octanol–water partition coefficient (Wildman–Crippen LogP) is 3.18. The number of carbonyl (C=O) groups excluding carboxylic acids is 2. The number of carbonyl (C=O) groups is 2. The summed E-state index contributed by atoms with van der Waals surface area (Å²) in [4.78, 5) is 31.9. The summed E-state index contributed by atoms with van der Waals surface area (Å²) in [5.41, 5.74) is 1.27. The average molecular weight is 419 g/mol. The molecule has 0 saturated carbocycles. The topological polar surface area (TPSA) is 87.6 Å². The Balaban J connectivity index is 1.38. The second kappa shape index (κ2) is 10.9. The summed E-state index contributed by atoms with van der Waals surface area (Å²) in [6.07, 6.45) is 6.06. The lowest BCUT2D eigenvalue weighted by molar-refractivity contribution is -0.158. The van der Waals surface area contributed by atoms with Gasteiger partial charge in [0.1, 0.15) is 5.15 Å². The molecule has 2 aromatic heterocycles. The first kappa shape index (κ1) is 21.2. The maximum Gasteiger partial charge on any atom is 0.317 e. The van der Waals surface area contributed by atoms with Gasteiger partial charge >= 0.3 is 11.9 Å². The Morgan fingerprint density at radius 3 is 2.24 bits per heavy atom. The Morgan fingerprint density at radius 1 is 1.00 bits per heavy atom. The van der Waals surface area contributed by atoms with Gasteiger partial charge < -0.3 is 14.2 Å². The normalized spacial score (nSPS) is 14.4.